The minimum Gasteiger partial charge on any atom is -0.365 e. The van der Waals surface area contributed by atoms with E-state index < -0.39 is 17.4 Å². The molecule has 144 valence electrons. The molecule has 0 spiro atoms. The third-order valence-corrected chi connectivity index (χ3v) is 4.53. The summed E-state index contributed by atoms with van der Waals surface area (Å²) >= 11 is 0. The largest absolute Gasteiger partial charge is 0.365 e. The number of anilines is 1. The molecule has 0 unspecified atom stereocenters. The summed E-state index contributed by atoms with van der Waals surface area (Å²) in [4.78, 5) is 40.9. The Balaban J connectivity index is 2.00. The predicted octanol–water partition coefficient (Wildman–Crippen LogP) is 1.71. The molecule has 28 heavy (non-hydrogen) atoms. The van der Waals surface area contributed by atoms with Crippen LogP contribution >= 0.6 is 0 Å². The number of aromatic nitrogens is 3. The number of nitrogens with one attached hydrogen (secondary N) is 1. The second-order valence-electron chi connectivity index (χ2n) is 6.36. The van der Waals surface area contributed by atoms with Crippen LogP contribution in [0.5, 0.6) is 0 Å². The predicted molar refractivity (Wildman–Crippen MR) is 102 cm³/mol. The highest BCUT2D eigenvalue weighted by Gasteiger charge is 2.21. The monoisotopic (exact) mass is 381 g/mol. The fraction of sp³-hybridized carbons (Fsp3) is 0.211. The van der Waals surface area contributed by atoms with Crippen LogP contribution in [0, 0.1) is 20.8 Å². The third kappa shape index (κ3) is 3.29. The number of carbonyl (C=O) groups excluding carboxylic acids is 2. The average Bonchev–Trinajstić information content (AvgIpc) is 3.10. The zero-order valence-corrected chi connectivity index (χ0v) is 15.9. The van der Waals surface area contributed by atoms with E-state index in [9.17, 15) is 14.4 Å². The number of hydrogen-bond donors (Lipinski definition) is 2. The van der Waals surface area contributed by atoms with Crippen molar-refractivity contribution in [3.8, 4) is 11.4 Å². The molecule has 9 nitrogen and oxygen atoms in total. The summed E-state index contributed by atoms with van der Waals surface area (Å²) in [5.41, 5.74) is 6.86. The van der Waals surface area contributed by atoms with E-state index in [1.165, 1.54) is 11.6 Å². The van der Waals surface area contributed by atoms with Gasteiger partial charge in [0.15, 0.2) is 0 Å². The lowest BCUT2D eigenvalue weighted by atomic mass is 10.1. The molecule has 0 aliphatic rings. The summed E-state index contributed by atoms with van der Waals surface area (Å²) in [6.07, 6.45) is 0. The highest BCUT2D eigenvalue weighted by Crippen LogP contribution is 2.23. The number of nitrogens with two attached hydrogens (primary N) is 1. The van der Waals surface area contributed by atoms with Crippen LogP contribution in [-0.4, -0.2) is 26.5 Å². The maximum Gasteiger partial charge on any atom is 0.263 e. The number of carbonyl (C=O) groups is 2. The Morgan fingerprint density at radius 2 is 1.93 bits per heavy atom. The molecule has 0 atom stereocenters. The quantitative estimate of drug-likeness (QED) is 0.707. The van der Waals surface area contributed by atoms with Gasteiger partial charge in [-0.05, 0) is 31.5 Å². The van der Waals surface area contributed by atoms with Crippen molar-refractivity contribution in [3.63, 3.8) is 0 Å². The molecule has 0 saturated carbocycles. The lowest BCUT2D eigenvalue weighted by Gasteiger charge is -2.17. The molecule has 3 rings (SSSR count). The van der Waals surface area contributed by atoms with E-state index in [1.807, 2.05) is 0 Å². The van der Waals surface area contributed by atoms with Gasteiger partial charge in [-0.15, -0.1) is 0 Å². The zero-order valence-electron chi connectivity index (χ0n) is 15.9. The van der Waals surface area contributed by atoms with Gasteiger partial charge in [-0.1, -0.05) is 17.3 Å². The number of rotatable bonds is 4. The van der Waals surface area contributed by atoms with Crippen molar-refractivity contribution in [2.75, 3.05) is 5.32 Å². The van der Waals surface area contributed by atoms with Crippen LogP contribution in [-0.2, 0) is 7.05 Å². The first-order valence-electron chi connectivity index (χ1n) is 8.42. The fourth-order valence-corrected chi connectivity index (χ4v) is 2.92. The third-order valence-electron chi connectivity index (χ3n) is 4.53. The normalized spacial score (nSPS) is 10.7. The Bertz CT molecular complexity index is 1160. The highest BCUT2D eigenvalue weighted by molar-refractivity contribution is 6.06. The van der Waals surface area contributed by atoms with E-state index >= 15 is 0 Å². The molecule has 9 heteroatoms. The van der Waals surface area contributed by atoms with Crippen molar-refractivity contribution >= 4 is 17.5 Å². The van der Waals surface area contributed by atoms with Gasteiger partial charge in [-0.25, -0.2) is 0 Å². The fourth-order valence-electron chi connectivity index (χ4n) is 2.92. The molecule has 1 aromatic carbocycles. The van der Waals surface area contributed by atoms with Crippen LogP contribution in [0.25, 0.3) is 11.4 Å². The minimum absolute atomic E-state index is 0.153. The smallest absolute Gasteiger partial charge is 0.263 e. The van der Waals surface area contributed by atoms with Gasteiger partial charge < -0.3 is 20.1 Å². The molecule has 2 aromatic heterocycles. The molecular formula is C19H19N5O4. The second kappa shape index (κ2) is 7.10. The van der Waals surface area contributed by atoms with Crippen LogP contribution in [0.1, 0.15) is 37.9 Å². The summed E-state index contributed by atoms with van der Waals surface area (Å²) in [6.45, 7) is 4.92. The molecule has 0 saturated heterocycles. The number of benzene rings is 1. The standard InChI is InChI=1S/C19H19N5O4/c1-9-14(16(20)25)19(27)24(4)10(2)15(9)22-18(26)13-7-5-6-12(8-13)17-21-11(3)28-23-17/h5-8H,1-4H3,(H2,20,25)(H,22,26). The summed E-state index contributed by atoms with van der Waals surface area (Å²) in [5.74, 6) is -0.469. The summed E-state index contributed by atoms with van der Waals surface area (Å²) in [6, 6.07) is 6.72. The number of primary amides is 1. The van der Waals surface area contributed by atoms with E-state index in [4.69, 9.17) is 10.3 Å². The summed E-state index contributed by atoms with van der Waals surface area (Å²) < 4.78 is 6.25. The van der Waals surface area contributed by atoms with Gasteiger partial charge in [-0.2, -0.15) is 4.98 Å². The number of nitrogens with zero attached hydrogens (tertiary/aromatic N) is 3. The van der Waals surface area contributed by atoms with Crippen molar-refractivity contribution in [3.05, 3.63) is 62.9 Å². The van der Waals surface area contributed by atoms with Crippen LogP contribution in [0.15, 0.2) is 33.6 Å². The summed E-state index contributed by atoms with van der Waals surface area (Å²) in [7, 11) is 1.51. The van der Waals surface area contributed by atoms with Gasteiger partial charge >= 0.3 is 0 Å². The van der Waals surface area contributed by atoms with Crippen LogP contribution < -0.4 is 16.6 Å². The van der Waals surface area contributed by atoms with Crippen molar-refractivity contribution < 1.29 is 14.1 Å². The minimum atomic E-state index is -0.844. The van der Waals surface area contributed by atoms with E-state index in [1.54, 1.807) is 45.0 Å². The maximum absolute atomic E-state index is 12.8. The van der Waals surface area contributed by atoms with E-state index in [0.29, 0.717) is 39.8 Å². The van der Waals surface area contributed by atoms with Gasteiger partial charge in [0, 0.05) is 30.8 Å². The maximum atomic E-state index is 12.8. The first-order valence-corrected chi connectivity index (χ1v) is 8.42. The molecule has 0 aliphatic heterocycles. The Morgan fingerprint density at radius 3 is 2.54 bits per heavy atom. The SMILES string of the molecule is Cc1nc(-c2cccc(C(=O)Nc3c(C)c(C(N)=O)c(=O)n(C)c3C)c2)no1. The molecule has 2 heterocycles. The Kier molecular flexibility index (Phi) is 4.83. The Morgan fingerprint density at radius 1 is 1.21 bits per heavy atom. The topological polar surface area (TPSA) is 133 Å². The van der Waals surface area contributed by atoms with Crippen LogP contribution in [0.3, 0.4) is 0 Å². The van der Waals surface area contributed by atoms with Gasteiger partial charge in [-0.3, -0.25) is 14.4 Å². The molecule has 0 fully saturated rings. The lowest BCUT2D eigenvalue weighted by molar-refractivity contribution is 0.0993. The molecular weight excluding hydrogens is 362 g/mol. The molecule has 0 radical (unpaired) electrons. The van der Waals surface area contributed by atoms with Crippen LogP contribution in [0.4, 0.5) is 5.69 Å². The molecule has 3 aromatic rings. The van der Waals surface area contributed by atoms with Gasteiger partial charge in [0.2, 0.25) is 11.7 Å². The molecule has 2 amide bonds. The number of amides is 2. The zero-order chi connectivity index (χ0) is 20.6. The average molecular weight is 381 g/mol. The second-order valence-corrected chi connectivity index (χ2v) is 6.36. The van der Waals surface area contributed by atoms with Crippen LogP contribution in [0.2, 0.25) is 0 Å². The van der Waals surface area contributed by atoms with E-state index in [2.05, 4.69) is 15.5 Å². The number of pyridine rings is 1. The van der Waals surface area contributed by atoms with Crippen molar-refractivity contribution in [1.82, 2.24) is 14.7 Å². The Labute approximate surface area is 160 Å². The van der Waals surface area contributed by atoms with Crippen molar-refractivity contribution in [2.24, 2.45) is 12.8 Å². The Hall–Kier alpha value is -3.75. The van der Waals surface area contributed by atoms with E-state index in [-0.39, 0.29) is 5.56 Å². The highest BCUT2D eigenvalue weighted by atomic mass is 16.5. The van der Waals surface area contributed by atoms with E-state index in [0.717, 1.165) is 0 Å². The molecule has 0 bridgehead atoms. The van der Waals surface area contributed by atoms with Gasteiger partial charge in [0.05, 0.1) is 5.69 Å². The summed E-state index contributed by atoms with van der Waals surface area (Å²) in [5, 5.41) is 6.62. The van der Waals surface area contributed by atoms with Crippen molar-refractivity contribution in [1.29, 1.82) is 0 Å². The lowest BCUT2D eigenvalue weighted by Crippen LogP contribution is -2.32. The molecule has 0 aliphatic carbocycles. The van der Waals surface area contributed by atoms with Gasteiger partial charge in [0.25, 0.3) is 17.4 Å². The van der Waals surface area contributed by atoms with Gasteiger partial charge in [0.1, 0.15) is 5.56 Å². The number of hydrogen-bond acceptors (Lipinski definition) is 6. The first kappa shape index (κ1) is 19.0. The number of aryl methyl sites for hydroxylation is 1. The molecule has 3 N–H and O–H groups in total. The first-order chi connectivity index (χ1) is 13.2. The van der Waals surface area contributed by atoms with Crippen molar-refractivity contribution in [2.45, 2.75) is 20.8 Å².